The van der Waals surface area contributed by atoms with Crippen LogP contribution in [0.4, 0.5) is 5.69 Å². The van der Waals surface area contributed by atoms with Gasteiger partial charge in [0.1, 0.15) is 5.69 Å². The normalized spacial score (nSPS) is 9.00. The van der Waals surface area contributed by atoms with Crippen molar-refractivity contribution in [3.05, 3.63) is 34.2 Å². The molecule has 1 aromatic carbocycles. The van der Waals surface area contributed by atoms with Gasteiger partial charge < -0.3 is 0 Å². The number of benzene rings is 1. The topological polar surface area (TPSA) is 63.6 Å². The van der Waals surface area contributed by atoms with Crippen LogP contribution in [-0.2, 0) is 0 Å². The van der Waals surface area contributed by atoms with Gasteiger partial charge in [-0.25, -0.2) is 0 Å². The third-order valence-corrected chi connectivity index (χ3v) is 1.43. The average Bonchev–Trinajstić information content (AvgIpc) is 2.16. The van der Waals surface area contributed by atoms with Crippen LogP contribution in [0, 0.1) is 4.91 Å². The molecule has 4 heteroatoms. The first-order valence-electron chi connectivity index (χ1n) is 3.19. The summed E-state index contributed by atoms with van der Waals surface area (Å²) in [5.41, 5.74) is 0.585. The number of carbonyl (C=O) groups excluding carboxylic acids is 2. The summed E-state index contributed by atoms with van der Waals surface area (Å²) in [4.78, 5) is 30.7. The van der Waals surface area contributed by atoms with Gasteiger partial charge in [0.2, 0.25) is 0 Å². The summed E-state index contributed by atoms with van der Waals surface area (Å²) in [5, 5.41) is 2.63. The minimum Gasteiger partial charge on any atom is -0.298 e. The maximum absolute atomic E-state index is 10.4. The van der Waals surface area contributed by atoms with E-state index in [-0.39, 0.29) is 16.8 Å². The Labute approximate surface area is 68.2 Å². The highest BCUT2D eigenvalue weighted by molar-refractivity contribution is 5.91. The van der Waals surface area contributed by atoms with E-state index in [2.05, 4.69) is 5.18 Å². The Morgan fingerprint density at radius 2 is 1.75 bits per heavy atom. The van der Waals surface area contributed by atoms with E-state index in [0.717, 1.165) is 0 Å². The third kappa shape index (κ3) is 1.42. The number of rotatable bonds is 3. The van der Waals surface area contributed by atoms with Crippen molar-refractivity contribution < 1.29 is 9.59 Å². The molecule has 0 aromatic heterocycles. The molecule has 0 aliphatic carbocycles. The number of nitroso groups, excluding NO2 is 1. The lowest BCUT2D eigenvalue weighted by Gasteiger charge is -1.94. The van der Waals surface area contributed by atoms with Crippen LogP contribution in [-0.4, -0.2) is 12.6 Å². The SMILES string of the molecule is O=Cc1ccc(N=O)cc1C=O. The lowest BCUT2D eigenvalue weighted by molar-refractivity contribution is 0.109. The summed E-state index contributed by atoms with van der Waals surface area (Å²) in [6, 6.07) is 4.03. The molecule has 60 valence electrons. The van der Waals surface area contributed by atoms with E-state index >= 15 is 0 Å². The van der Waals surface area contributed by atoms with Crippen molar-refractivity contribution >= 4 is 18.3 Å². The maximum Gasteiger partial charge on any atom is 0.150 e. The Kier molecular flexibility index (Phi) is 2.42. The van der Waals surface area contributed by atoms with Gasteiger partial charge in [0.15, 0.2) is 12.6 Å². The molecule has 0 radical (unpaired) electrons. The van der Waals surface area contributed by atoms with Crippen molar-refractivity contribution in [2.24, 2.45) is 5.18 Å². The number of carbonyl (C=O) groups is 2. The van der Waals surface area contributed by atoms with E-state index in [1.165, 1.54) is 18.2 Å². The molecule has 0 spiro atoms. The highest BCUT2D eigenvalue weighted by Gasteiger charge is 2.01. The second-order valence-electron chi connectivity index (χ2n) is 2.14. The lowest BCUT2D eigenvalue weighted by atomic mass is 10.1. The molecule has 0 heterocycles. The van der Waals surface area contributed by atoms with Gasteiger partial charge >= 0.3 is 0 Å². The fraction of sp³-hybridized carbons (Fsp3) is 0. The van der Waals surface area contributed by atoms with E-state index in [1.807, 2.05) is 0 Å². The van der Waals surface area contributed by atoms with Crippen LogP contribution in [0.5, 0.6) is 0 Å². The molecule has 0 amide bonds. The lowest BCUT2D eigenvalue weighted by Crippen LogP contribution is -1.88. The molecule has 0 fully saturated rings. The molecule has 1 rings (SSSR count). The zero-order valence-corrected chi connectivity index (χ0v) is 6.06. The highest BCUT2D eigenvalue weighted by atomic mass is 16.3. The molecular weight excluding hydrogens is 158 g/mol. The molecule has 0 aliphatic heterocycles. The van der Waals surface area contributed by atoms with Crippen LogP contribution in [0.1, 0.15) is 20.7 Å². The summed E-state index contributed by atoms with van der Waals surface area (Å²) >= 11 is 0. The van der Waals surface area contributed by atoms with Crippen LogP contribution < -0.4 is 0 Å². The van der Waals surface area contributed by atoms with E-state index in [4.69, 9.17) is 0 Å². The highest BCUT2D eigenvalue weighted by Crippen LogP contribution is 2.15. The minimum atomic E-state index is 0.141. The smallest absolute Gasteiger partial charge is 0.150 e. The standard InChI is InChI=1S/C8H5NO3/c10-4-6-1-2-8(9-12)3-7(6)5-11/h1-5H. The molecule has 0 saturated carbocycles. The van der Waals surface area contributed by atoms with Gasteiger partial charge in [-0.2, -0.15) is 0 Å². The van der Waals surface area contributed by atoms with Gasteiger partial charge in [0.25, 0.3) is 0 Å². The van der Waals surface area contributed by atoms with Gasteiger partial charge in [-0.1, -0.05) is 0 Å². The molecule has 0 aliphatic rings. The van der Waals surface area contributed by atoms with Gasteiger partial charge in [-0.15, -0.1) is 4.91 Å². The van der Waals surface area contributed by atoms with E-state index in [1.54, 1.807) is 0 Å². The maximum atomic E-state index is 10.4. The van der Waals surface area contributed by atoms with E-state index in [9.17, 15) is 14.5 Å². The van der Waals surface area contributed by atoms with E-state index in [0.29, 0.717) is 12.6 Å². The van der Waals surface area contributed by atoms with Crippen LogP contribution in [0.15, 0.2) is 23.4 Å². The van der Waals surface area contributed by atoms with Crippen LogP contribution in [0.2, 0.25) is 0 Å². The molecule has 1 aromatic rings. The number of aldehydes is 2. The van der Waals surface area contributed by atoms with Crippen molar-refractivity contribution in [2.45, 2.75) is 0 Å². The van der Waals surface area contributed by atoms with Crippen molar-refractivity contribution in [2.75, 3.05) is 0 Å². The van der Waals surface area contributed by atoms with E-state index < -0.39 is 0 Å². The van der Waals surface area contributed by atoms with Gasteiger partial charge in [-0.05, 0) is 23.4 Å². The molecule has 0 bridgehead atoms. The number of hydrogen-bond donors (Lipinski definition) is 0. The fourth-order valence-electron chi connectivity index (χ4n) is 0.828. The molecule has 12 heavy (non-hydrogen) atoms. The Bertz CT molecular complexity index is 333. The molecule has 0 saturated heterocycles. The zero-order valence-electron chi connectivity index (χ0n) is 6.06. The molecular formula is C8H5NO3. The van der Waals surface area contributed by atoms with Gasteiger partial charge in [0.05, 0.1) is 0 Å². The monoisotopic (exact) mass is 163 g/mol. The largest absolute Gasteiger partial charge is 0.298 e. The fourth-order valence-corrected chi connectivity index (χ4v) is 0.828. The predicted molar refractivity (Wildman–Crippen MR) is 42.7 cm³/mol. The minimum absolute atomic E-state index is 0.141. The summed E-state index contributed by atoms with van der Waals surface area (Å²) in [6.45, 7) is 0. The summed E-state index contributed by atoms with van der Waals surface area (Å²) in [7, 11) is 0. The zero-order chi connectivity index (χ0) is 8.97. The second kappa shape index (κ2) is 3.52. The molecule has 0 N–H and O–H groups in total. The van der Waals surface area contributed by atoms with Gasteiger partial charge in [-0.3, -0.25) is 9.59 Å². The van der Waals surface area contributed by atoms with Crippen LogP contribution in [0.25, 0.3) is 0 Å². The van der Waals surface area contributed by atoms with Crippen molar-refractivity contribution in [3.63, 3.8) is 0 Å². The summed E-state index contributed by atoms with van der Waals surface area (Å²) in [6.07, 6.45) is 1.07. The van der Waals surface area contributed by atoms with Crippen molar-refractivity contribution in [1.29, 1.82) is 0 Å². The Hall–Kier alpha value is -1.84. The van der Waals surface area contributed by atoms with Crippen LogP contribution in [0.3, 0.4) is 0 Å². The summed E-state index contributed by atoms with van der Waals surface area (Å²) < 4.78 is 0. The Balaban J connectivity index is 3.27. The Morgan fingerprint density at radius 1 is 1.08 bits per heavy atom. The molecule has 0 atom stereocenters. The van der Waals surface area contributed by atoms with Crippen molar-refractivity contribution in [1.82, 2.24) is 0 Å². The third-order valence-electron chi connectivity index (χ3n) is 1.43. The van der Waals surface area contributed by atoms with Gasteiger partial charge in [0, 0.05) is 11.1 Å². The first-order chi connectivity index (χ1) is 5.81. The number of hydrogen-bond acceptors (Lipinski definition) is 4. The molecule has 0 unspecified atom stereocenters. The Morgan fingerprint density at radius 3 is 2.25 bits per heavy atom. The molecule has 4 nitrogen and oxygen atoms in total. The van der Waals surface area contributed by atoms with Crippen molar-refractivity contribution in [3.8, 4) is 0 Å². The first kappa shape index (κ1) is 8.26. The predicted octanol–water partition coefficient (Wildman–Crippen LogP) is 1.71. The quantitative estimate of drug-likeness (QED) is 0.503. The number of nitrogens with zero attached hydrogens (tertiary/aromatic N) is 1. The van der Waals surface area contributed by atoms with Crippen LogP contribution >= 0.6 is 0 Å². The average molecular weight is 163 g/mol. The second-order valence-corrected chi connectivity index (χ2v) is 2.14. The first-order valence-corrected chi connectivity index (χ1v) is 3.19. The summed E-state index contributed by atoms with van der Waals surface area (Å²) in [5.74, 6) is 0.